The Hall–Kier alpha value is -4.48. The van der Waals surface area contributed by atoms with E-state index < -0.39 is 25.1 Å². The summed E-state index contributed by atoms with van der Waals surface area (Å²) in [5, 5.41) is 11.3. The summed E-state index contributed by atoms with van der Waals surface area (Å²) in [5.74, 6) is 7.25. The number of para-hydroxylation sites is 1. The van der Waals surface area contributed by atoms with Gasteiger partial charge in [0.05, 0.1) is 12.0 Å². The Balaban J connectivity index is 1.74. The van der Waals surface area contributed by atoms with Crippen molar-refractivity contribution in [3.8, 4) is 22.8 Å². The predicted molar refractivity (Wildman–Crippen MR) is 168 cm³/mol. The Morgan fingerprint density at radius 3 is 2.16 bits per heavy atom. The van der Waals surface area contributed by atoms with Crippen LogP contribution in [0, 0.1) is 10.1 Å². The molecule has 0 aliphatic rings. The van der Waals surface area contributed by atoms with E-state index in [0.717, 1.165) is 5.56 Å². The van der Waals surface area contributed by atoms with Gasteiger partial charge in [-0.2, -0.15) is 0 Å². The highest BCUT2D eigenvalue weighted by atomic mass is 28.4. The van der Waals surface area contributed by atoms with Crippen molar-refractivity contribution >= 4 is 20.0 Å². The van der Waals surface area contributed by atoms with Crippen molar-refractivity contribution in [1.29, 1.82) is 0 Å². The normalized spacial score (nSPS) is 12.5. The molecule has 0 saturated heterocycles. The van der Waals surface area contributed by atoms with E-state index in [1.807, 2.05) is 30.3 Å². The molecule has 1 unspecified atom stereocenters. The first-order valence-corrected chi connectivity index (χ1v) is 16.9. The van der Waals surface area contributed by atoms with Crippen LogP contribution in [0.4, 0.5) is 5.69 Å². The van der Waals surface area contributed by atoms with Gasteiger partial charge in [-0.25, -0.2) is 14.5 Å². The van der Waals surface area contributed by atoms with Gasteiger partial charge in [-0.3, -0.25) is 10.1 Å². The zero-order valence-electron chi connectivity index (χ0n) is 25.4. The first kappa shape index (κ1) is 31.5. The fraction of sp³-hybridized carbons (Fsp3) is 0.312. The number of aromatic nitrogens is 2. The number of carbonyl (C=O) groups excluding carboxylic acids is 1. The fourth-order valence-corrected chi connectivity index (χ4v) is 5.48. The highest BCUT2D eigenvalue weighted by Gasteiger charge is 2.37. The van der Waals surface area contributed by atoms with Crippen LogP contribution in [0.1, 0.15) is 55.0 Å². The molecule has 0 amide bonds. The van der Waals surface area contributed by atoms with Gasteiger partial charge in [-0.1, -0.05) is 51.1 Å². The Bertz CT molecular complexity index is 1560. The molecule has 4 aromatic rings. The van der Waals surface area contributed by atoms with Crippen LogP contribution in [-0.4, -0.2) is 42.6 Å². The van der Waals surface area contributed by atoms with E-state index >= 15 is 0 Å². The Labute approximate surface area is 252 Å². The summed E-state index contributed by atoms with van der Waals surface area (Å²) in [4.78, 5) is 28.8. The average Bonchev–Trinajstić information content (AvgIpc) is 3.31. The molecule has 0 bridgehead atoms. The van der Waals surface area contributed by atoms with E-state index in [-0.39, 0.29) is 16.4 Å². The summed E-state index contributed by atoms with van der Waals surface area (Å²) in [7, 11) is -0.772. The molecule has 0 aliphatic heterocycles. The van der Waals surface area contributed by atoms with Gasteiger partial charge in [0.15, 0.2) is 14.0 Å². The third-order valence-electron chi connectivity index (χ3n) is 7.92. The lowest BCUT2D eigenvalue weighted by molar-refractivity contribution is -0.384. The van der Waals surface area contributed by atoms with E-state index in [9.17, 15) is 14.9 Å². The molecule has 3 aromatic carbocycles. The second-order valence-corrected chi connectivity index (χ2v) is 16.6. The second-order valence-electron chi connectivity index (χ2n) is 11.8. The first-order valence-electron chi connectivity index (χ1n) is 14.0. The zero-order chi connectivity index (χ0) is 31.4. The second kappa shape index (κ2) is 12.8. The SMILES string of the molecule is COC(=O)c1c(-c2ccc(Oc3ccccc3)cc2)nc(C(CCO[Si](C)(C)C(C)(C)C)c2ccc([N+](=O)[O-])cc2)n1N. The van der Waals surface area contributed by atoms with Crippen LogP contribution in [0.3, 0.4) is 0 Å². The molecule has 0 fully saturated rings. The van der Waals surface area contributed by atoms with Gasteiger partial charge >= 0.3 is 5.97 Å². The molecule has 1 atom stereocenters. The van der Waals surface area contributed by atoms with Crippen LogP contribution in [-0.2, 0) is 9.16 Å². The summed E-state index contributed by atoms with van der Waals surface area (Å²) in [6.45, 7) is 11.3. The molecule has 1 heterocycles. The van der Waals surface area contributed by atoms with Crippen molar-refractivity contribution in [2.24, 2.45) is 0 Å². The number of non-ortho nitro benzene ring substituents is 1. The number of hydrogen-bond donors (Lipinski definition) is 1. The number of ether oxygens (including phenoxy) is 2. The van der Waals surface area contributed by atoms with Crippen molar-refractivity contribution in [3.63, 3.8) is 0 Å². The average molecular weight is 603 g/mol. The number of carbonyl (C=O) groups is 1. The fourth-order valence-electron chi connectivity index (χ4n) is 4.42. The Morgan fingerprint density at radius 2 is 1.60 bits per heavy atom. The molecule has 0 aliphatic carbocycles. The molecule has 0 radical (unpaired) electrons. The van der Waals surface area contributed by atoms with Crippen LogP contribution < -0.4 is 10.6 Å². The maximum absolute atomic E-state index is 13.0. The monoisotopic (exact) mass is 602 g/mol. The number of hydrogen-bond acceptors (Lipinski definition) is 8. The number of rotatable bonds is 11. The minimum atomic E-state index is -2.06. The number of esters is 1. The summed E-state index contributed by atoms with van der Waals surface area (Å²) in [5.41, 5.74) is 1.83. The number of nitro benzene ring substituents is 1. The van der Waals surface area contributed by atoms with Gasteiger partial charge in [-0.05, 0) is 66.5 Å². The van der Waals surface area contributed by atoms with Crippen molar-refractivity contribution in [2.75, 3.05) is 19.6 Å². The van der Waals surface area contributed by atoms with Crippen molar-refractivity contribution in [2.45, 2.75) is 51.2 Å². The molecule has 43 heavy (non-hydrogen) atoms. The van der Waals surface area contributed by atoms with Gasteiger partial charge in [0.1, 0.15) is 23.0 Å². The molecule has 11 heteroatoms. The van der Waals surface area contributed by atoms with Crippen molar-refractivity contribution in [3.05, 3.63) is 106 Å². The quantitative estimate of drug-likeness (QED) is 0.0622. The molecule has 10 nitrogen and oxygen atoms in total. The lowest BCUT2D eigenvalue weighted by Crippen LogP contribution is -2.41. The van der Waals surface area contributed by atoms with Gasteiger partial charge in [-0.15, -0.1) is 0 Å². The molecule has 226 valence electrons. The number of nitrogens with zero attached hydrogens (tertiary/aromatic N) is 3. The van der Waals surface area contributed by atoms with Crippen molar-refractivity contribution in [1.82, 2.24) is 9.66 Å². The maximum Gasteiger partial charge on any atom is 0.358 e. The molecule has 1 aromatic heterocycles. The van der Waals surface area contributed by atoms with Crippen LogP contribution in [0.5, 0.6) is 11.5 Å². The van der Waals surface area contributed by atoms with Crippen LogP contribution >= 0.6 is 0 Å². The summed E-state index contributed by atoms with van der Waals surface area (Å²) in [6, 6.07) is 22.9. The highest BCUT2D eigenvalue weighted by molar-refractivity contribution is 6.74. The molecule has 0 saturated carbocycles. The highest BCUT2D eigenvalue weighted by Crippen LogP contribution is 2.38. The number of imidazole rings is 1. The first-order chi connectivity index (χ1) is 20.3. The van der Waals surface area contributed by atoms with Crippen LogP contribution in [0.2, 0.25) is 18.1 Å². The number of nitrogen functional groups attached to an aromatic ring is 1. The largest absolute Gasteiger partial charge is 0.464 e. The number of nitro groups is 1. The molecule has 0 spiro atoms. The smallest absolute Gasteiger partial charge is 0.358 e. The van der Waals surface area contributed by atoms with E-state index in [0.29, 0.717) is 41.6 Å². The third kappa shape index (κ3) is 7.12. The molecule has 4 rings (SSSR count). The lowest BCUT2D eigenvalue weighted by atomic mass is 9.95. The molecule has 2 N–H and O–H groups in total. The number of benzene rings is 3. The minimum Gasteiger partial charge on any atom is -0.464 e. The van der Waals surface area contributed by atoms with Crippen LogP contribution in [0.25, 0.3) is 11.3 Å². The number of nitrogens with two attached hydrogens (primary N) is 1. The predicted octanol–water partition coefficient (Wildman–Crippen LogP) is 7.29. The standard InChI is InChI=1S/C32H38N4O6Si/c1-32(2,3)43(5,6)41-21-20-27(22-12-16-24(17-13-22)36(38)39)30-34-28(29(35(30)33)31(37)40-4)23-14-18-26(19-15-23)42-25-10-8-7-9-11-25/h7-19,27H,20-21,33H2,1-6H3. The third-order valence-corrected chi connectivity index (χ3v) is 12.5. The van der Waals surface area contributed by atoms with Crippen molar-refractivity contribution < 1.29 is 23.6 Å². The van der Waals surface area contributed by atoms with E-state index in [1.54, 1.807) is 36.4 Å². The summed E-state index contributed by atoms with van der Waals surface area (Å²) < 4.78 is 18.7. The van der Waals surface area contributed by atoms with Crippen LogP contribution in [0.15, 0.2) is 78.9 Å². The maximum atomic E-state index is 13.0. The van der Waals surface area contributed by atoms with E-state index in [1.165, 1.54) is 23.9 Å². The summed E-state index contributed by atoms with van der Waals surface area (Å²) in [6.07, 6.45) is 0.489. The lowest BCUT2D eigenvalue weighted by Gasteiger charge is -2.36. The van der Waals surface area contributed by atoms with Gasteiger partial charge in [0, 0.05) is 30.2 Å². The Kier molecular flexibility index (Phi) is 9.36. The molecular formula is C32H38N4O6Si. The van der Waals surface area contributed by atoms with Gasteiger partial charge in [0.2, 0.25) is 0 Å². The Morgan fingerprint density at radius 1 is 1.00 bits per heavy atom. The number of methoxy groups -OCH3 is 1. The van der Waals surface area contributed by atoms with Gasteiger partial charge < -0.3 is 19.7 Å². The topological polar surface area (TPSA) is 132 Å². The minimum absolute atomic E-state index is 0.0177. The summed E-state index contributed by atoms with van der Waals surface area (Å²) >= 11 is 0. The molecular weight excluding hydrogens is 564 g/mol. The van der Waals surface area contributed by atoms with E-state index in [2.05, 4.69) is 33.9 Å². The van der Waals surface area contributed by atoms with Gasteiger partial charge in [0.25, 0.3) is 5.69 Å². The zero-order valence-corrected chi connectivity index (χ0v) is 26.4. The van der Waals surface area contributed by atoms with E-state index in [4.69, 9.17) is 24.7 Å².